The maximum atomic E-state index is 12.8. The molecular formula is C58H100O6. The lowest BCUT2D eigenvalue weighted by molar-refractivity contribution is -0.167. The molecule has 0 rings (SSSR count). The van der Waals surface area contributed by atoms with Crippen molar-refractivity contribution < 1.29 is 28.6 Å². The van der Waals surface area contributed by atoms with Gasteiger partial charge in [-0.3, -0.25) is 14.4 Å². The van der Waals surface area contributed by atoms with E-state index in [9.17, 15) is 14.4 Å². The molecule has 0 unspecified atom stereocenters. The molecule has 0 aromatic heterocycles. The van der Waals surface area contributed by atoms with Gasteiger partial charge in [-0.1, -0.05) is 222 Å². The molecule has 0 amide bonds. The number of rotatable bonds is 48. The number of ether oxygens (including phenoxy) is 3. The zero-order chi connectivity index (χ0) is 46.5. The number of esters is 3. The van der Waals surface area contributed by atoms with E-state index in [0.717, 1.165) is 109 Å². The van der Waals surface area contributed by atoms with Crippen molar-refractivity contribution in [3.8, 4) is 0 Å². The second kappa shape index (κ2) is 52.5. The van der Waals surface area contributed by atoms with Gasteiger partial charge in [-0.05, 0) is 89.9 Å². The smallest absolute Gasteiger partial charge is 0.306 e. The molecule has 0 aliphatic rings. The topological polar surface area (TPSA) is 78.9 Å². The number of hydrogen-bond donors (Lipinski definition) is 0. The minimum Gasteiger partial charge on any atom is -0.462 e. The maximum absolute atomic E-state index is 12.8. The van der Waals surface area contributed by atoms with E-state index in [2.05, 4.69) is 93.7 Å². The van der Waals surface area contributed by atoms with Crippen molar-refractivity contribution >= 4 is 17.9 Å². The van der Waals surface area contributed by atoms with Gasteiger partial charge in [-0.25, -0.2) is 0 Å². The summed E-state index contributed by atoms with van der Waals surface area (Å²) in [5, 5.41) is 0. The Balaban J connectivity index is 4.43. The van der Waals surface area contributed by atoms with Crippen LogP contribution in [0.15, 0.2) is 72.9 Å². The van der Waals surface area contributed by atoms with E-state index in [0.29, 0.717) is 19.3 Å². The van der Waals surface area contributed by atoms with Crippen LogP contribution in [0.2, 0.25) is 0 Å². The lowest BCUT2D eigenvalue weighted by atomic mass is 10.0. The summed E-state index contributed by atoms with van der Waals surface area (Å²) >= 11 is 0. The highest BCUT2D eigenvalue weighted by Gasteiger charge is 2.19. The van der Waals surface area contributed by atoms with Crippen LogP contribution >= 0.6 is 0 Å². The van der Waals surface area contributed by atoms with Crippen LogP contribution in [0.5, 0.6) is 0 Å². The summed E-state index contributed by atoms with van der Waals surface area (Å²) < 4.78 is 16.8. The number of allylic oxidation sites excluding steroid dienone is 12. The molecule has 0 aliphatic heterocycles. The molecule has 64 heavy (non-hydrogen) atoms. The Morgan fingerprint density at radius 3 is 0.984 bits per heavy atom. The van der Waals surface area contributed by atoms with Crippen molar-refractivity contribution in [2.45, 2.75) is 264 Å². The van der Waals surface area contributed by atoms with Gasteiger partial charge in [0, 0.05) is 19.3 Å². The van der Waals surface area contributed by atoms with E-state index in [1.54, 1.807) is 0 Å². The summed E-state index contributed by atoms with van der Waals surface area (Å²) in [5.41, 5.74) is 0. The molecule has 0 N–H and O–H groups in total. The number of hydrogen-bond acceptors (Lipinski definition) is 6. The van der Waals surface area contributed by atoms with Crippen LogP contribution < -0.4 is 0 Å². The third-order valence-corrected chi connectivity index (χ3v) is 11.4. The first-order chi connectivity index (χ1) is 31.5. The average Bonchev–Trinajstić information content (AvgIpc) is 3.29. The predicted octanol–water partition coefficient (Wildman–Crippen LogP) is 17.8. The summed E-state index contributed by atoms with van der Waals surface area (Å²) in [4.78, 5) is 38.0. The molecule has 0 aromatic rings. The molecule has 0 aliphatic carbocycles. The van der Waals surface area contributed by atoms with Gasteiger partial charge in [0.1, 0.15) is 13.2 Å². The minimum atomic E-state index is -0.791. The summed E-state index contributed by atoms with van der Waals surface area (Å²) in [7, 11) is 0. The molecule has 0 fully saturated rings. The van der Waals surface area contributed by atoms with E-state index in [1.807, 2.05) is 0 Å². The summed E-state index contributed by atoms with van der Waals surface area (Å²) in [6.07, 6.45) is 66.0. The third-order valence-electron chi connectivity index (χ3n) is 11.4. The quantitative estimate of drug-likeness (QED) is 0.0262. The fourth-order valence-electron chi connectivity index (χ4n) is 7.40. The van der Waals surface area contributed by atoms with Crippen molar-refractivity contribution in [3.63, 3.8) is 0 Å². The Hall–Kier alpha value is -3.15. The van der Waals surface area contributed by atoms with Gasteiger partial charge in [0.15, 0.2) is 6.10 Å². The van der Waals surface area contributed by atoms with Crippen LogP contribution in [0, 0.1) is 0 Å². The van der Waals surface area contributed by atoms with Crippen molar-refractivity contribution in [1.82, 2.24) is 0 Å². The molecule has 0 bridgehead atoms. The van der Waals surface area contributed by atoms with E-state index in [4.69, 9.17) is 14.2 Å². The standard InChI is InChI=1S/C58H100O6/c1-4-7-10-13-16-19-22-25-27-28-29-30-32-33-36-39-42-45-48-51-57(60)63-54-55(53-62-56(59)50-47-44-41-38-35-24-21-18-15-12-9-6-3)64-58(61)52-49-46-43-40-37-34-31-26-23-20-17-14-11-8-5-2/h7,10,16,19,25-27,29-31,33,36,55H,4-6,8-9,11-15,17-18,20-24,28,32,34-35,37-54H2,1-3H3/b10-7-,19-16-,27-25-,30-29-,31-26-,36-33-/t55-/m1/s1. The van der Waals surface area contributed by atoms with Gasteiger partial charge >= 0.3 is 17.9 Å². The highest BCUT2D eigenvalue weighted by Crippen LogP contribution is 2.15. The summed E-state index contributed by atoms with van der Waals surface area (Å²) in [6.45, 7) is 6.49. The van der Waals surface area contributed by atoms with Crippen LogP contribution in [-0.4, -0.2) is 37.2 Å². The molecule has 0 heterocycles. The fraction of sp³-hybridized carbons (Fsp3) is 0.741. The molecule has 368 valence electrons. The highest BCUT2D eigenvalue weighted by molar-refractivity contribution is 5.71. The average molecular weight is 893 g/mol. The first-order valence-corrected chi connectivity index (χ1v) is 26.9. The van der Waals surface area contributed by atoms with Gasteiger partial charge in [0.05, 0.1) is 0 Å². The van der Waals surface area contributed by atoms with E-state index in [1.165, 1.54) is 109 Å². The van der Waals surface area contributed by atoms with E-state index < -0.39 is 6.10 Å². The van der Waals surface area contributed by atoms with Crippen molar-refractivity contribution in [2.24, 2.45) is 0 Å². The van der Waals surface area contributed by atoms with E-state index in [-0.39, 0.29) is 31.1 Å². The Morgan fingerprint density at radius 1 is 0.328 bits per heavy atom. The molecule has 0 saturated heterocycles. The second-order valence-electron chi connectivity index (χ2n) is 17.8. The Morgan fingerprint density at radius 2 is 0.609 bits per heavy atom. The first kappa shape index (κ1) is 60.9. The van der Waals surface area contributed by atoms with Gasteiger partial charge in [-0.15, -0.1) is 0 Å². The Kier molecular flexibility index (Phi) is 49.9. The molecule has 1 atom stereocenters. The van der Waals surface area contributed by atoms with Crippen LogP contribution in [0.4, 0.5) is 0 Å². The summed E-state index contributed by atoms with van der Waals surface area (Å²) in [5.74, 6) is -0.925. The number of carbonyl (C=O) groups excluding carboxylic acids is 3. The van der Waals surface area contributed by atoms with Crippen LogP contribution in [0.25, 0.3) is 0 Å². The molecule has 0 radical (unpaired) electrons. The van der Waals surface area contributed by atoms with Crippen LogP contribution in [-0.2, 0) is 28.6 Å². The lowest BCUT2D eigenvalue weighted by Gasteiger charge is -2.18. The second-order valence-corrected chi connectivity index (χ2v) is 17.8. The predicted molar refractivity (Wildman–Crippen MR) is 274 cm³/mol. The zero-order valence-electron chi connectivity index (χ0n) is 42.0. The maximum Gasteiger partial charge on any atom is 0.306 e. The highest BCUT2D eigenvalue weighted by atomic mass is 16.6. The molecule has 0 aromatic carbocycles. The molecule has 0 spiro atoms. The van der Waals surface area contributed by atoms with Crippen molar-refractivity contribution in [3.05, 3.63) is 72.9 Å². The first-order valence-electron chi connectivity index (χ1n) is 26.9. The van der Waals surface area contributed by atoms with Crippen molar-refractivity contribution in [1.29, 1.82) is 0 Å². The zero-order valence-corrected chi connectivity index (χ0v) is 42.0. The van der Waals surface area contributed by atoms with Gasteiger partial charge in [0.25, 0.3) is 0 Å². The molecule has 6 heteroatoms. The van der Waals surface area contributed by atoms with Gasteiger partial charge < -0.3 is 14.2 Å². The molecule has 0 saturated carbocycles. The number of unbranched alkanes of at least 4 members (excludes halogenated alkanes) is 25. The minimum absolute atomic E-state index is 0.0876. The van der Waals surface area contributed by atoms with Gasteiger partial charge in [-0.2, -0.15) is 0 Å². The normalized spacial score (nSPS) is 12.6. The summed E-state index contributed by atoms with van der Waals surface area (Å²) in [6, 6.07) is 0. The molecule has 6 nitrogen and oxygen atoms in total. The van der Waals surface area contributed by atoms with Crippen LogP contribution in [0.3, 0.4) is 0 Å². The lowest BCUT2D eigenvalue weighted by Crippen LogP contribution is -2.30. The Bertz CT molecular complexity index is 1210. The monoisotopic (exact) mass is 893 g/mol. The Labute approximate surface area is 395 Å². The van der Waals surface area contributed by atoms with Gasteiger partial charge in [0.2, 0.25) is 0 Å². The fourth-order valence-corrected chi connectivity index (χ4v) is 7.40. The van der Waals surface area contributed by atoms with Crippen LogP contribution in [0.1, 0.15) is 258 Å². The third kappa shape index (κ3) is 49.9. The largest absolute Gasteiger partial charge is 0.462 e. The van der Waals surface area contributed by atoms with E-state index >= 15 is 0 Å². The number of carbonyl (C=O) groups is 3. The SMILES string of the molecule is CC/C=C\C/C=C\C/C=C\C/C=C\C/C=C\CCCCCC(=O)OC[C@@H](COC(=O)CCCCCCCCCCCCCC)OC(=O)CCCCCCC/C=C\CCCCCCCC. The molecular weight excluding hydrogens is 793 g/mol. The van der Waals surface area contributed by atoms with Crippen molar-refractivity contribution in [2.75, 3.05) is 13.2 Å².